The Kier molecular flexibility index (Phi) is 6.05. The molecule has 0 bridgehead atoms. The van der Waals surface area contributed by atoms with Crippen LogP contribution in [0.4, 0.5) is 0 Å². The maximum absolute atomic E-state index is 12.5. The summed E-state index contributed by atoms with van der Waals surface area (Å²) in [5.41, 5.74) is 1.63. The van der Waals surface area contributed by atoms with Gasteiger partial charge in [0.25, 0.3) is 0 Å². The van der Waals surface area contributed by atoms with Crippen LogP contribution >= 0.6 is 0 Å². The number of rotatable bonds is 8. The van der Waals surface area contributed by atoms with Gasteiger partial charge in [-0.3, -0.25) is 4.79 Å². The van der Waals surface area contributed by atoms with Crippen LogP contribution in [0.3, 0.4) is 0 Å². The number of hydrogen-bond acceptors (Lipinski definition) is 4. The lowest BCUT2D eigenvalue weighted by Crippen LogP contribution is -2.28. The van der Waals surface area contributed by atoms with E-state index < -0.39 is 10.0 Å². The third kappa shape index (κ3) is 5.26. The van der Waals surface area contributed by atoms with Crippen LogP contribution in [0.5, 0.6) is 0 Å². The number of benzene rings is 2. The molecule has 0 amide bonds. The monoisotopic (exact) mass is 385 g/mol. The van der Waals surface area contributed by atoms with Gasteiger partial charge in [0, 0.05) is 24.7 Å². The molecular weight excluding hydrogens is 362 g/mol. The predicted molar refractivity (Wildman–Crippen MR) is 107 cm³/mol. The summed E-state index contributed by atoms with van der Waals surface area (Å²) < 4.78 is 27.6. The molecule has 142 valence electrons. The van der Waals surface area contributed by atoms with Gasteiger partial charge in [-0.1, -0.05) is 30.3 Å². The van der Waals surface area contributed by atoms with Crippen molar-refractivity contribution in [3.05, 3.63) is 76.6 Å². The van der Waals surface area contributed by atoms with Crippen molar-refractivity contribution in [2.45, 2.75) is 17.9 Å². The standard InChI is InChI=1S/C20H23N3O3S/c1-23(15-16-6-3-2-4-7-16)13-5-12-21-27(25,26)18-9-10-19-17(14-18)8-11-20(24)22-19/h2-4,6-11,14,21H,5,12-13,15H2,1H3,(H,22,24). The molecule has 0 aliphatic rings. The number of H-pyrrole nitrogens is 1. The average molecular weight is 385 g/mol. The van der Waals surface area contributed by atoms with E-state index in [2.05, 4.69) is 26.7 Å². The van der Waals surface area contributed by atoms with Crippen LogP contribution in [0.15, 0.2) is 70.4 Å². The van der Waals surface area contributed by atoms with E-state index in [1.54, 1.807) is 18.2 Å². The van der Waals surface area contributed by atoms with Crippen molar-refractivity contribution in [3.8, 4) is 0 Å². The third-order valence-electron chi connectivity index (χ3n) is 4.31. The van der Waals surface area contributed by atoms with Crippen molar-refractivity contribution < 1.29 is 8.42 Å². The summed E-state index contributed by atoms with van der Waals surface area (Å²) in [6.45, 7) is 1.98. The number of pyridine rings is 1. The predicted octanol–water partition coefficient (Wildman–Crippen LogP) is 2.33. The maximum atomic E-state index is 12.5. The van der Waals surface area contributed by atoms with E-state index in [-0.39, 0.29) is 10.5 Å². The number of fused-ring (bicyclic) bond motifs is 1. The van der Waals surface area contributed by atoms with Crippen molar-refractivity contribution in [2.75, 3.05) is 20.1 Å². The van der Waals surface area contributed by atoms with Crippen molar-refractivity contribution in [1.29, 1.82) is 0 Å². The summed E-state index contributed by atoms with van der Waals surface area (Å²) in [5, 5.41) is 0.681. The zero-order chi connectivity index (χ0) is 19.3. The smallest absolute Gasteiger partial charge is 0.248 e. The molecule has 0 atom stereocenters. The summed E-state index contributed by atoms with van der Waals surface area (Å²) in [5.74, 6) is 0. The Morgan fingerprint density at radius 2 is 1.81 bits per heavy atom. The second-order valence-electron chi connectivity index (χ2n) is 6.55. The molecule has 0 aliphatic heterocycles. The van der Waals surface area contributed by atoms with Gasteiger partial charge in [-0.15, -0.1) is 0 Å². The lowest BCUT2D eigenvalue weighted by atomic mass is 10.2. The van der Waals surface area contributed by atoms with Crippen LogP contribution in [0.25, 0.3) is 10.9 Å². The lowest BCUT2D eigenvalue weighted by molar-refractivity contribution is 0.322. The first kappa shape index (κ1) is 19.3. The van der Waals surface area contributed by atoms with Gasteiger partial charge in [-0.2, -0.15) is 0 Å². The van der Waals surface area contributed by atoms with Crippen molar-refractivity contribution in [3.63, 3.8) is 0 Å². The van der Waals surface area contributed by atoms with Crippen LogP contribution in [0.2, 0.25) is 0 Å². The quantitative estimate of drug-likeness (QED) is 0.583. The average Bonchev–Trinajstić information content (AvgIpc) is 2.65. The van der Waals surface area contributed by atoms with E-state index >= 15 is 0 Å². The highest BCUT2D eigenvalue weighted by molar-refractivity contribution is 7.89. The second-order valence-corrected chi connectivity index (χ2v) is 8.31. The molecule has 0 spiro atoms. The molecule has 0 unspecified atom stereocenters. The number of aromatic nitrogens is 1. The molecule has 0 fully saturated rings. The molecule has 2 aromatic carbocycles. The maximum Gasteiger partial charge on any atom is 0.248 e. The topological polar surface area (TPSA) is 82.3 Å². The first-order chi connectivity index (χ1) is 12.9. The first-order valence-electron chi connectivity index (χ1n) is 8.79. The van der Waals surface area contributed by atoms with Crippen molar-refractivity contribution in [2.24, 2.45) is 0 Å². The zero-order valence-electron chi connectivity index (χ0n) is 15.2. The minimum Gasteiger partial charge on any atom is -0.322 e. The number of nitrogens with one attached hydrogen (secondary N) is 2. The fraction of sp³-hybridized carbons (Fsp3) is 0.250. The molecule has 7 heteroatoms. The summed E-state index contributed by atoms with van der Waals surface area (Å²) in [7, 11) is -1.56. The van der Waals surface area contributed by atoms with Crippen LogP contribution in [0.1, 0.15) is 12.0 Å². The fourth-order valence-corrected chi connectivity index (χ4v) is 4.02. The summed E-state index contributed by atoms with van der Waals surface area (Å²) in [4.78, 5) is 16.4. The Bertz CT molecular complexity index is 1060. The Morgan fingerprint density at radius 3 is 2.59 bits per heavy atom. The summed E-state index contributed by atoms with van der Waals surface area (Å²) in [6.07, 6.45) is 0.712. The molecule has 2 N–H and O–H groups in total. The SMILES string of the molecule is CN(CCCNS(=O)(=O)c1ccc2[nH]c(=O)ccc2c1)Cc1ccccc1. The molecule has 27 heavy (non-hydrogen) atoms. The van der Waals surface area contributed by atoms with E-state index in [9.17, 15) is 13.2 Å². The lowest BCUT2D eigenvalue weighted by Gasteiger charge is -2.16. The largest absolute Gasteiger partial charge is 0.322 e. The van der Waals surface area contributed by atoms with Gasteiger partial charge in [-0.25, -0.2) is 13.1 Å². The molecular formula is C20H23N3O3S. The van der Waals surface area contributed by atoms with Gasteiger partial charge >= 0.3 is 0 Å². The van der Waals surface area contributed by atoms with Crippen LogP contribution < -0.4 is 10.3 Å². The van der Waals surface area contributed by atoms with E-state index in [1.807, 2.05) is 25.2 Å². The minimum atomic E-state index is -3.58. The van der Waals surface area contributed by atoms with Gasteiger partial charge in [0.1, 0.15) is 0 Å². The molecule has 0 radical (unpaired) electrons. The Hall–Kier alpha value is -2.48. The molecule has 1 aromatic heterocycles. The number of nitrogens with zero attached hydrogens (tertiary/aromatic N) is 1. The molecule has 3 aromatic rings. The highest BCUT2D eigenvalue weighted by Gasteiger charge is 2.14. The Morgan fingerprint density at radius 1 is 1.04 bits per heavy atom. The number of hydrogen-bond donors (Lipinski definition) is 2. The fourth-order valence-electron chi connectivity index (χ4n) is 2.91. The van der Waals surface area contributed by atoms with Crippen LogP contribution in [-0.2, 0) is 16.6 Å². The first-order valence-corrected chi connectivity index (χ1v) is 10.3. The molecule has 3 rings (SSSR count). The summed E-state index contributed by atoms with van der Waals surface area (Å²) in [6, 6.07) is 17.8. The van der Waals surface area contributed by atoms with E-state index in [0.717, 1.165) is 13.1 Å². The van der Waals surface area contributed by atoms with Crippen molar-refractivity contribution in [1.82, 2.24) is 14.6 Å². The summed E-state index contributed by atoms with van der Waals surface area (Å²) >= 11 is 0. The minimum absolute atomic E-state index is 0.194. The molecule has 0 saturated heterocycles. The van der Waals surface area contributed by atoms with E-state index in [0.29, 0.717) is 23.9 Å². The Labute approximate surface area is 158 Å². The Balaban J connectivity index is 1.54. The van der Waals surface area contributed by atoms with Gasteiger partial charge in [0.15, 0.2) is 0 Å². The van der Waals surface area contributed by atoms with Crippen LogP contribution in [0, 0.1) is 0 Å². The van der Waals surface area contributed by atoms with Crippen LogP contribution in [-0.4, -0.2) is 38.4 Å². The van der Waals surface area contributed by atoms with Gasteiger partial charge in [-0.05, 0) is 55.2 Å². The van der Waals surface area contributed by atoms with Crippen molar-refractivity contribution >= 4 is 20.9 Å². The van der Waals surface area contributed by atoms with Gasteiger partial charge in [0.05, 0.1) is 4.90 Å². The number of sulfonamides is 1. The van der Waals surface area contributed by atoms with Gasteiger partial charge < -0.3 is 9.88 Å². The number of aromatic amines is 1. The van der Waals surface area contributed by atoms with Gasteiger partial charge in [0.2, 0.25) is 15.6 Å². The normalized spacial score (nSPS) is 11.9. The highest BCUT2D eigenvalue weighted by atomic mass is 32.2. The molecule has 0 aliphatic carbocycles. The van der Waals surface area contributed by atoms with E-state index in [4.69, 9.17) is 0 Å². The zero-order valence-corrected chi connectivity index (χ0v) is 16.0. The molecule has 6 nitrogen and oxygen atoms in total. The third-order valence-corrected chi connectivity index (χ3v) is 5.77. The molecule has 1 heterocycles. The highest BCUT2D eigenvalue weighted by Crippen LogP contribution is 2.16. The van der Waals surface area contributed by atoms with E-state index in [1.165, 1.54) is 17.7 Å². The second kappa shape index (κ2) is 8.47. The molecule has 0 saturated carbocycles.